The highest BCUT2D eigenvalue weighted by molar-refractivity contribution is 7.80. The molecule has 1 fully saturated rings. The zero-order valence-electron chi connectivity index (χ0n) is 32.6. The summed E-state index contributed by atoms with van der Waals surface area (Å²) in [4.78, 5) is 91.5. The van der Waals surface area contributed by atoms with E-state index in [2.05, 4.69) is 49.5 Å². The van der Waals surface area contributed by atoms with E-state index in [4.69, 9.17) is 24.0 Å². The molecular weight excluding hydrogens is 867 g/mol. The highest BCUT2D eigenvalue weighted by atomic mass is 32.1. The van der Waals surface area contributed by atoms with E-state index in [1.165, 1.54) is 19.9 Å². The Morgan fingerprint density at radius 3 is 2.44 bits per heavy atom. The quantitative estimate of drug-likeness (QED) is 0.0237. The molecule has 0 aliphatic carbocycles. The molecule has 0 aromatic heterocycles. The van der Waals surface area contributed by atoms with Gasteiger partial charge in [-0.2, -0.15) is 16.9 Å². The topological polar surface area (TPSA) is 360 Å². The summed E-state index contributed by atoms with van der Waals surface area (Å²) >= 11 is 3.96. The maximum atomic E-state index is 13.9. The number of nitrogens with one attached hydrogen (secondary N) is 2. The number of carbonyl (C=O) groups excluding carboxylic acids is 3. The number of nitrogens with zero attached hydrogens (tertiary/aromatic N) is 4. The van der Waals surface area contributed by atoms with Crippen LogP contribution in [-0.4, -0.2) is 145 Å². The van der Waals surface area contributed by atoms with E-state index in [0.717, 1.165) is 43.3 Å². The average molecular weight is 922 g/mol. The minimum absolute atomic E-state index is 0.103. The van der Waals surface area contributed by atoms with Gasteiger partial charge in [0.2, 0.25) is 23.3 Å². The summed E-state index contributed by atoms with van der Waals surface area (Å²) in [6.07, 6.45) is -0.227. The number of hydrogen-bond donors (Lipinski definition) is 10. The van der Waals surface area contributed by atoms with Gasteiger partial charge in [0.05, 0.1) is 19.9 Å². The zero-order valence-corrected chi connectivity index (χ0v) is 36.2. The molecule has 0 bridgehead atoms. The number of hydrogen-bond acceptors (Lipinski definition) is 19. The molecule has 59 heavy (non-hydrogen) atoms. The number of carbonyl (C=O) groups is 3. The number of allylic oxidation sites excluding steroid dienone is 1. The van der Waals surface area contributed by atoms with Crippen LogP contribution >= 0.6 is 36.1 Å². The van der Waals surface area contributed by atoms with Crippen molar-refractivity contribution in [3.05, 3.63) is 12.2 Å². The van der Waals surface area contributed by atoms with Gasteiger partial charge in [-0.15, -0.1) is 0 Å². The molecule has 3 heterocycles. The van der Waals surface area contributed by atoms with E-state index >= 15 is 0 Å². The Morgan fingerprint density at radius 2 is 1.78 bits per heavy atom. The Morgan fingerprint density at radius 1 is 1.10 bits per heavy atom. The summed E-state index contributed by atoms with van der Waals surface area (Å²) in [6, 6.07) is 0. The van der Waals surface area contributed by atoms with Crippen molar-refractivity contribution in [3.63, 3.8) is 0 Å². The number of ketones is 1. The number of amides is 2. The first-order valence-corrected chi connectivity index (χ1v) is 23.6. The number of amidine groups is 1. The van der Waals surface area contributed by atoms with E-state index in [-0.39, 0.29) is 30.4 Å². The highest BCUT2D eigenvalue weighted by Gasteiger charge is 2.61. The minimum Gasteiger partial charge on any atom is -0.386 e. The summed E-state index contributed by atoms with van der Waals surface area (Å²) in [5.41, 5.74) is 2.29. The van der Waals surface area contributed by atoms with Crippen LogP contribution < -0.4 is 16.4 Å². The van der Waals surface area contributed by atoms with Gasteiger partial charge in [0, 0.05) is 30.7 Å². The number of aliphatic hydroxyl groups excluding tert-OH is 2. The maximum Gasteiger partial charge on any atom is 0.481 e. The second-order valence-electron chi connectivity index (χ2n) is 14.2. The first-order chi connectivity index (χ1) is 27.5. The van der Waals surface area contributed by atoms with Gasteiger partial charge in [-0.25, -0.2) is 28.6 Å². The van der Waals surface area contributed by atoms with Gasteiger partial charge in [0.25, 0.3) is 0 Å². The van der Waals surface area contributed by atoms with Crippen molar-refractivity contribution in [2.24, 2.45) is 26.1 Å². The van der Waals surface area contributed by atoms with Crippen molar-refractivity contribution >= 4 is 71.6 Å². The lowest BCUT2D eigenvalue weighted by Gasteiger charge is -2.38. The van der Waals surface area contributed by atoms with Crippen LogP contribution in [0.4, 0.5) is 0 Å². The van der Waals surface area contributed by atoms with Crippen LogP contribution in [0.3, 0.4) is 0 Å². The third-order valence-electron chi connectivity index (χ3n) is 9.06. The number of thiol groups is 1. The monoisotopic (exact) mass is 921 g/mol. The van der Waals surface area contributed by atoms with Gasteiger partial charge < -0.3 is 50.9 Å². The number of aliphatic hydroxyl groups is 2. The predicted molar refractivity (Wildman–Crippen MR) is 213 cm³/mol. The lowest BCUT2D eigenvalue weighted by molar-refractivity contribution is -0.140. The third-order valence-corrected chi connectivity index (χ3v) is 12.4. The molecule has 8 atom stereocenters. The Labute approximate surface area is 345 Å². The van der Waals surface area contributed by atoms with Gasteiger partial charge in [-0.1, -0.05) is 52.5 Å². The molecule has 3 rings (SSSR count). The number of phosphoric ester groups is 3. The fourth-order valence-corrected chi connectivity index (χ4v) is 8.93. The molecule has 1 saturated heterocycles. The minimum atomic E-state index is -5.64. The van der Waals surface area contributed by atoms with Gasteiger partial charge in [0.15, 0.2) is 5.84 Å². The molecule has 0 aromatic carbocycles. The third kappa shape index (κ3) is 14.7. The normalized spacial score (nSPS) is 26.1. The molecular formula is C31H54N7O17P3S. The molecule has 336 valence electrons. The van der Waals surface area contributed by atoms with Crippen LogP contribution in [0.1, 0.15) is 65.7 Å². The zero-order chi connectivity index (χ0) is 44.2. The lowest BCUT2D eigenvalue weighted by atomic mass is 9.87. The molecule has 0 aromatic rings. The van der Waals surface area contributed by atoms with Crippen molar-refractivity contribution in [1.82, 2.24) is 15.5 Å². The van der Waals surface area contributed by atoms with Gasteiger partial charge in [0.1, 0.15) is 42.7 Å². The molecule has 3 unspecified atom stereocenters. The average Bonchev–Trinajstić information content (AvgIpc) is 3.68. The molecule has 0 radical (unpaired) electrons. The van der Waals surface area contributed by atoms with Crippen LogP contribution in [0.5, 0.6) is 0 Å². The molecule has 28 heteroatoms. The fourth-order valence-electron chi connectivity index (χ4n) is 5.99. The molecule has 0 saturated carbocycles. The Hall–Kier alpha value is -2.28. The van der Waals surface area contributed by atoms with Crippen LogP contribution in [0, 0.1) is 5.41 Å². The first kappa shape index (κ1) is 51.1. The van der Waals surface area contributed by atoms with Crippen LogP contribution in [0.25, 0.3) is 0 Å². The van der Waals surface area contributed by atoms with E-state index < -0.39 is 96.8 Å². The molecule has 10 N–H and O–H groups in total. The van der Waals surface area contributed by atoms with Gasteiger partial charge in [-0.05, 0) is 18.9 Å². The van der Waals surface area contributed by atoms with Gasteiger partial charge >= 0.3 is 23.5 Å². The fraction of sp³-hybridized carbons (Fsp3) is 0.742. The van der Waals surface area contributed by atoms with E-state index in [9.17, 15) is 57.9 Å². The Bertz CT molecular complexity index is 1760. The van der Waals surface area contributed by atoms with Crippen molar-refractivity contribution in [1.29, 1.82) is 0 Å². The number of phosphoric acid groups is 3. The van der Waals surface area contributed by atoms with E-state index in [1.807, 2.05) is 0 Å². The lowest BCUT2D eigenvalue weighted by Crippen LogP contribution is -2.63. The van der Waals surface area contributed by atoms with Crippen molar-refractivity contribution in [2.45, 2.75) is 102 Å². The van der Waals surface area contributed by atoms with E-state index in [1.54, 1.807) is 6.08 Å². The number of fused-ring (bicyclic) bond motifs is 1. The molecule has 24 nitrogen and oxygen atoms in total. The number of aliphatic imine (C=N–C) groups is 3. The van der Waals surface area contributed by atoms with Crippen LogP contribution in [-0.2, 0) is 50.7 Å². The number of ether oxygens (including phenoxy) is 1. The molecule has 3 aliphatic rings. The Kier molecular flexibility index (Phi) is 19.2. The standard InChI is InChI=1S/C31H54N7O17P3S/c1-4-5-6-7-8-9-10-11-21(39)31-25(27(32)35-18-37-31)36-19-38(31)29-23(41)24(54-56(44,45)46)20(53-29)16-51-57(47,48)55-58(49,50)52-17-30(2,3)26(42)28(43)34-13-12-22(40)33-14-15-59/h10-11,18,20,23-24,26,29,41-42,59H,4-9,12-17,19H2,1-3H3,(H,33,40)(H,34,43)(H,47,48)(H,49,50)(H2,32,35,37)(H2,44,45,46)/t20-,23-,24-,26+,29-,31?/m1/s1. The second-order valence-corrected chi connectivity index (χ2v) is 18.9. The number of rotatable bonds is 26. The van der Waals surface area contributed by atoms with Crippen LogP contribution in [0.2, 0.25) is 0 Å². The van der Waals surface area contributed by atoms with E-state index in [0.29, 0.717) is 18.7 Å². The largest absolute Gasteiger partial charge is 0.481 e. The Balaban J connectivity index is 1.70. The van der Waals surface area contributed by atoms with Crippen LogP contribution in [0.15, 0.2) is 27.1 Å². The summed E-state index contributed by atoms with van der Waals surface area (Å²) in [5.74, 6) is -1.80. The first-order valence-electron chi connectivity index (χ1n) is 18.5. The number of nitrogens with two attached hydrogens (primary N) is 1. The highest BCUT2D eigenvalue weighted by Crippen LogP contribution is 2.61. The summed E-state index contributed by atoms with van der Waals surface area (Å²) < 4.78 is 62.1. The summed E-state index contributed by atoms with van der Waals surface area (Å²) in [6.45, 7) is 2.25. The van der Waals surface area contributed by atoms with Crippen molar-refractivity contribution in [3.8, 4) is 0 Å². The summed E-state index contributed by atoms with van der Waals surface area (Å²) in [7, 11) is -16.6. The van der Waals surface area contributed by atoms with Crippen molar-refractivity contribution in [2.75, 3.05) is 38.7 Å². The number of unbranched alkanes of at least 4 members (excludes halogenated alkanes) is 5. The summed E-state index contributed by atoms with van der Waals surface area (Å²) in [5, 5.41) is 26.7. The molecule has 3 aliphatic heterocycles. The second kappa shape index (κ2) is 22.2. The maximum absolute atomic E-state index is 13.9. The predicted octanol–water partition coefficient (Wildman–Crippen LogP) is 0.0354. The molecule has 2 amide bonds. The SMILES string of the molecule is CCCCCCCC=CC(=O)C12N=CN=C(N)C1=NCN2[C@@H]1O[C@H](COP(=O)(O)OP(=O)(O)OCC(C)(C)[C@@H](O)C(=O)NCCC(=O)NCCS)[C@@H](OP(=O)(O)O)[C@H]1O. The molecule has 0 spiro atoms. The van der Waals surface area contributed by atoms with Gasteiger partial charge in [-0.3, -0.25) is 32.9 Å². The van der Waals surface area contributed by atoms with Crippen molar-refractivity contribution < 1.29 is 80.5 Å². The smallest absolute Gasteiger partial charge is 0.386 e.